The summed E-state index contributed by atoms with van der Waals surface area (Å²) in [5.74, 6) is 0. The van der Waals surface area contributed by atoms with Crippen LogP contribution in [0.3, 0.4) is 0 Å². The Morgan fingerprint density at radius 2 is 1.67 bits per heavy atom. The van der Waals surface area contributed by atoms with E-state index >= 15 is 0 Å². The molecule has 0 spiro atoms. The molecule has 4 heteroatoms. The van der Waals surface area contributed by atoms with E-state index in [4.69, 9.17) is 0 Å². The second-order valence-electron chi connectivity index (χ2n) is 0.895. The van der Waals surface area contributed by atoms with Crippen molar-refractivity contribution in [1.29, 1.82) is 0 Å². The zero-order valence-electron chi connectivity index (χ0n) is 2.92. The van der Waals surface area contributed by atoms with Gasteiger partial charge in [-0.3, -0.25) is 0 Å². The molecular formula is C2H4F3P. The molecule has 0 amide bonds. The lowest BCUT2D eigenvalue weighted by Gasteiger charge is -1.99. The van der Waals surface area contributed by atoms with E-state index < -0.39 is 12.3 Å². The van der Waals surface area contributed by atoms with Crippen molar-refractivity contribution >= 4 is 9.24 Å². The molecule has 1 unspecified atom stereocenters. The van der Waals surface area contributed by atoms with Gasteiger partial charge in [0.2, 0.25) is 0 Å². The average molecular weight is 116 g/mol. The molecule has 6 heavy (non-hydrogen) atoms. The number of alkyl halides is 3. The second-order valence-corrected chi connectivity index (χ2v) is 1.74. The predicted molar refractivity (Wildman–Crippen MR) is 20.6 cm³/mol. The number of hydrogen-bond donors (Lipinski definition) is 0. The van der Waals surface area contributed by atoms with E-state index in [0.717, 1.165) is 9.24 Å². The van der Waals surface area contributed by atoms with Crippen molar-refractivity contribution in [2.24, 2.45) is 0 Å². The van der Waals surface area contributed by atoms with Gasteiger partial charge in [-0.1, -0.05) is 9.24 Å². The minimum absolute atomic E-state index is 1.08. The van der Waals surface area contributed by atoms with Gasteiger partial charge >= 0.3 is 0 Å². The van der Waals surface area contributed by atoms with Crippen LogP contribution in [0.25, 0.3) is 0 Å². The molecule has 0 aromatic carbocycles. The van der Waals surface area contributed by atoms with Gasteiger partial charge in [0, 0.05) is 0 Å². The van der Waals surface area contributed by atoms with Crippen molar-refractivity contribution < 1.29 is 13.2 Å². The standard InChI is InChI=1S/C2H4F3P/c3-1-2(4,5)6/h1,6H2. The SMILES string of the molecule is FCC(F)(F)P. The maximum Gasteiger partial charge on any atom is 0.286 e. The van der Waals surface area contributed by atoms with Gasteiger partial charge in [-0.25, -0.2) is 4.39 Å². The molecule has 0 nitrogen and oxygen atoms in total. The van der Waals surface area contributed by atoms with Gasteiger partial charge in [0.05, 0.1) is 0 Å². The van der Waals surface area contributed by atoms with Crippen LogP contribution < -0.4 is 0 Å². The predicted octanol–water partition coefficient (Wildman–Crippen LogP) is 1.42. The third kappa shape index (κ3) is 4.22. The lowest BCUT2D eigenvalue weighted by Crippen LogP contribution is -2.05. The average Bonchev–Trinajstić information content (AvgIpc) is 1.35. The third-order valence-electron chi connectivity index (χ3n) is 0.178. The van der Waals surface area contributed by atoms with Crippen LogP contribution in [0.1, 0.15) is 0 Å². The first kappa shape index (κ1) is 6.22. The van der Waals surface area contributed by atoms with Crippen molar-refractivity contribution in [3.63, 3.8) is 0 Å². The topological polar surface area (TPSA) is 0 Å². The summed E-state index contributed by atoms with van der Waals surface area (Å²) in [6.07, 6.45) is 0. The Morgan fingerprint density at radius 1 is 1.50 bits per heavy atom. The number of halogens is 3. The van der Waals surface area contributed by atoms with Crippen molar-refractivity contribution in [3.8, 4) is 0 Å². The molecular weight excluding hydrogens is 112 g/mol. The maximum atomic E-state index is 11.0. The Labute approximate surface area is 35.9 Å². The molecule has 0 aliphatic heterocycles. The van der Waals surface area contributed by atoms with Crippen LogP contribution in [0, 0.1) is 0 Å². The normalized spacial score (nSPS) is 12.0. The summed E-state index contributed by atoms with van der Waals surface area (Å²) < 4.78 is 32.8. The van der Waals surface area contributed by atoms with E-state index in [1.165, 1.54) is 0 Å². The highest BCUT2D eigenvalue weighted by molar-refractivity contribution is 7.18. The highest BCUT2D eigenvalue weighted by Gasteiger charge is 2.19. The van der Waals surface area contributed by atoms with Crippen LogP contribution in [-0.2, 0) is 0 Å². The van der Waals surface area contributed by atoms with Gasteiger partial charge in [-0.15, -0.1) is 0 Å². The maximum absolute atomic E-state index is 11.0. The lowest BCUT2D eigenvalue weighted by molar-refractivity contribution is 0.0729. The van der Waals surface area contributed by atoms with Crippen molar-refractivity contribution in [1.82, 2.24) is 0 Å². The summed E-state index contributed by atoms with van der Waals surface area (Å²) in [4.78, 5) is 0. The molecule has 0 aromatic heterocycles. The molecule has 0 rings (SSSR count). The van der Waals surface area contributed by atoms with E-state index in [1.807, 2.05) is 0 Å². The van der Waals surface area contributed by atoms with Gasteiger partial charge in [-0.05, 0) is 0 Å². The van der Waals surface area contributed by atoms with Gasteiger partial charge in [0.15, 0.2) is 6.67 Å². The first-order valence-electron chi connectivity index (χ1n) is 1.29. The fraction of sp³-hybridized carbons (Fsp3) is 1.00. The molecule has 0 N–H and O–H groups in total. The van der Waals surface area contributed by atoms with Gasteiger partial charge in [0.1, 0.15) is 0 Å². The second kappa shape index (κ2) is 1.78. The van der Waals surface area contributed by atoms with E-state index in [1.54, 1.807) is 0 Å². The number of hydrogen-bond acceptors (Lipinski definition) is 0. The first-order valence-corrected chi connectivity index (χ1v) is 1.86. The molecule has 0 heterocycles. The fourth-order valence-electron chi connectivity index (χ4n) is 0. The van der Waals surface area contributed by atoms with Crippen LogP contribution >= 0.6 is 9.24 Å². The molecule has 0 aliphatic rings. The van der Waals surface area contributed by atoms with Crippen LogP contribution in [0.5, 0.6) is 0 Å². The molecule has 0 saturated heterocycles. The molecule has 0 bridgehead atoms. The summed E-state index contributed by atoms with van der Waals surface area (Å²) >= 11 is 0. The molecule has 0 radical (unpaired) electrons. The zero-order chi connectivity index (χ0) is 5.21. The minimum Gasteiger partial charge on any atom is -0.244 e. The third-order valence-corrected chi connectivity index (χ3v) is 0.332. The molecule has 1 atom stereocenters. The summed E-state index contributed by atoms with van der Waals surface area (Å²) in [5.41, 5.74) is -3.21. The molecule has 0 saturated carbocycles. The van der Waals surface area contributed by atoms with Crippen molar-refractivity contribution in [3.05, 3.63) is 0 Å². The zero-order valence-corrected chi connectivity index (χ0v) is 4.07. The quantitative estimate of drug-likeness (QED) is 0.454. The lowest BCUT2D eigenvalue weighted by atomic mass is 10.8. The molecule has 0 fully saturated rings. The Kier molecular flexibility index (Phi) is 1.85. The summed E-state index contributed by atoms with van der Waals surface area (Å²) in [7, 11) is 1.08. The van der Waals surface area contributed by atoms with Crippen LogP contribution in [-0.4, -0.2) is 12.3 Å². The van der Waals surface area contributed by atoms with Gasteiger partial charge in [0.25, 0.3) is 5.66 Å². The Morgan fingerprint density at radius 3 is 1.67 bits per heavy atom. The Bertz CT molecular complexity index is 38.5. The van der Waals surface area contributed by atoms with Crippen LogP contribution in [0.15, 0.2) is 0 Å². The molecule has 0 aromatic rings. The Hall–Kier alpha value is 0.220. The van der Waals surface area contributed by atoms with Crippen molar-refractivity contribution in [2.45, 2.75) is 5.66 Å². The van der Waals surface area contributed by atoms with Crippen molar-refractivity contribution in [2.75, 3.05) is 6.67 Å². The highest BCUT2D eigenvalue weighted by Crippen LogP contribution is 2.21. The highest BCUT2D eigenvalue weighted by atomic mass is 31.0. The summed E-state index contributed by atoms with van der Waals surface area (Å²) in [6, 6.07) is 0. The number of rotatable bonds is 1. The molecule has 38 valence electrons. The molecule has 0 aliphatic carbocycles. The fourth-order valence-corrected chi connectivity index (χ4v) is 0. The van der Waals surface area contributed by atoms with E-state index in [-0.39, 0.29) is 0 Å². The van der Waals surface area contributed by atoms with Gasteiger partial charge in [-0.2, -0.15) is 8.78 Å². The summed E-state index contributed by atoms with van der Waals surface area (Å²) in [5, 5.41) is 0. The van der Waals surface area contributed by atoms with E-state index in [9.17, 15) is 13.2 Å². The largest absolute Gasteiger partial charge is 0.286 e. The van der Waals surface area contributed by atoms with E-state index in [0.29, 0.717) is 0 Å². The Balaban J connectivity index is 3.17. The van der Waals surface area contributed by atoms with E-state index in [2.05, 4.69) is 0 Å². The van der Waals surface area contributed by atoms with Gasteiger partial charge < -0.3 is 0 Å². The van der Waals surface area contributed by atoms with Crippen LogP contribution in [0.2, 0.25) is 0 Å². The summed E-state index contributed by atoms with van der Waals surface area (Å²) in [6.45, 7) is -1.60. The van der Waals surface area contributed by atoms with Crippen LogP contribution in [0.4, 0.5) is 13.2 Å². The smallest absolute Gasteiger partial charge is 0.244 e. The first-order chi connectivity index (χ1) is 2.56. The monoisotopic (exact) mass is 116 g/mol. The minimum atomic E-state index is -3.21.